The molecule has 3 N–H and O–H groups in total. The first-order valence-electron chi connectivity index (χ1n) is 13.5. The summed E-state index contributed by atoms with van der Waals surface area (Å²) in [7, 11) is 1.52. The molecule has 0 unspecified atom stereocenters. The van der Waals surface area contributed by atoms with Crippen molar-refractivity contribution in [2.75, 3.05) is 37.4 Å². The summed E-state index contributed by atoms with van der Waals surface area (Å²) >= 11 is 0. The van der Waals surface area contributed by atoms with Crippen LogP contribution in [-0.4, -0.2) is 76.6 Å². The summed E-state index contributed by atoms with van der Waals surface area (Å²) in [5.41, 5.74) is 0.266. The van der Waals surface area contributed by atoms with Gasteiger partial charge in [-0.3, -0.25) is 14.6 Å². The Labute approximate surface area is 246 Å². The monoisotopic (exact) mass is 599 g/mol. The lowest BCUT2D eigenvalue weighted by Gasteiger charge is -2.38. The number of halogens is 3. The van der Waals surface area contributed by atoms with Crippen LogP contribution < -0.4 is 15.4 Å². The first-order valence-corrected chi connectivity index (χ1v) is 13.5. The molecule has 13 heteroatoms. The summed E-state index contributed by atoms with van der Waals surface area (Å²) < 4.78 is 44.9. The Morgan fingerprint density at radius 1 is 1.09 bits per heavy atom. The van der Waals surface area contributed by atoms with Gasteiger partial charge in [-0.15, -0.1) is 0 Å². The second-order valence-corrected chi connectivity index (χ2v) is 10.4. The van der Waals surface area contributed by atoms with Crippen LogP contribution in [0.2, 0.25) is 0 Å². The van der Waals surface area contributed by atoms with Gasteiger partial charge >= 0.3 is 12.2 Å². The van der Waals surface area contributed by atoms with Crippen molar-refractivity contribution in [2.45, 2.75) is 32.2 Å². The number of anilines is 2. The van der Waals surface area contributed by atoms with Crippen LogP contribution in [0.25, 0.3) is 0 Å². The normalized spacial score (nSPS) is 17.6. The van der Waals surface area contributed by atoms with Crippen molar-refractivity contribution in [2.24, 2.45) is 5.92 Å². The number of amides is 4. The second-order valence-electron chi connectivity index (χ2n) is 10.4. The number of aliphatic hydroxyl groups excluding tert-OH is 1. The molecule has 4 amide bonds. The van der Waals surface area contributed by atoms with E-state index in [9.17, 15) is 32.7 Å². The Bertz CT molecular complexity index is 1450. The van der Waals surface area contributed by atoms with E-state index in [2.05, 4.69) is 15.6 Å². The molecule has 3 aromatic rings. The van der Waals surface area contributed by atoms with E-state index in [1.807, 2.05) is 6.92 Å². The van der Waals surface area contributed by atoms with E-state index in [1.165, 1.54) is 47.4 Å². The molecule has 1 aromatic heterocycles. The number of nitrogens with zero attached hydrogens (tertiary/aromatic N) is 3. The van der Waals surface area contributed by atoms with E-state index in [1.54, 1.807) is 31.2 Å². The minimum atomic E-state index is -4.49. The molecule has 2 heterocycles. The fourth-order valence-corrected chi connectivity index (χ4v) is 4.54. The number of nitrogens with one attached hydrogen (secondary N) is 2. The maximum Gasteiger partial charge on any atom is 0.416 e. The van der Waals surface area contributed by atoms with E-state index in [0.29, 0.717) is 11.3 Å². The SMILES string of the molecule is C[C@@H]1CN([C@H](C)CO)C(=O)c2cc(NC(=O)c3ccncc3)ccc2O[C@@H]1CN(C)C(=O)Nc1ccc(C(F)(F)F)cc1. The topological polar surface area (TPSA) is 124 Å². The average molecular weight is 600 g/mol. The van der Waals surface area contributed by atoms with Gasteiger partial charge in [0.1, 0.15) is 11.9 Å². The van der Waals surface area contributed by atoms with Crippen molar-refractivity contribution >= 4 is 29.2 Å². The van der Waals surface area contributed by atoms with Crippen LogP contribution in [0.15, 0.2) is 67.0 Å². The zero-order valence-electron chi connectivity index (χ0n) is 23.8. The van der Waals surface area contributed by atoms with Gasteiger partial charge < -0.3 is 30.3 Å². The van der Waals surface area contributed by atoms with Gasteiger partial charge in [-0.05, 0) is 61.5 Å². The van der Waals surface area contributed by atoms with Gasteiger partial charge in [0.05, 0.1) is 30.3 Å². The first kappa shape index (κ1) is 31.3. The summed E-state index contributed by atoms with van der Waals surface area (Å²) in [6.07, 6.45) is -2.12. The molecule has 10 nitrogen and oxygen atoms in total. The molecule has 43 heavy (non-hydrogen) atoms. The molecule has 0 aliphatic carbocycles. The lowest BCUT2D eigenvalue weighted by Crippen LogP contribution is -2.50. The van der Waals surface area contributed by atoms with Crippen molar-refractivity contribution < 1.29 is 37.4 Å². The van der Waals surface area contributed by atoms with E-state index in [4.69, 9.17) is 4.74 Å². The minimum Gasteiger partial charge on any atom is -0.487 e. The predicted molar refractivity (Wildman–Crippen MR) is 153 cm³/mol. The Kier molecular flexibility index (Phi) is 9.54. The fourth-order valence-electron chi connectivity index (χ4n) is 4.54. The molecule has 0 radical (unpaired) electrons. The molecule has 0 bridgehead atoms. The Morgan fingerprint density at radius 3 is 2.37 bits per heavy atom. The van der Waals surface area contributed by atoms with E-state index < -0.39 is 41.7 Å². The van der Waals surface area contributed by atoms with Crippen molar-refractivity contribution in [3.63, 3.8) is 0 Å². The van der Waals surface area contributed by atoms with Crippen molar-refractivity contribution in [1.29, 1.82) is 0 Å². The molecular formula is C30H32F3N5O5. The number of ether oxygens (including phenoxy) is 1. The van der Waals surface area contributed by atoms with Crippen molar-refractivity contribution in [3.8, 4) is 5.75 Å². The molecule has 4 rings (SSSR count). The quantitative estimate of drug-likeness (QED) is 0.361. The van der Waals surface area contributed by atoms with Gasteiger partial charge in [0, 0.05) is 48.8 Å². The van der Waals surface area contributed by atoms with Gasteiger partial charge in [0.15, 0.2) is 0 Å². The third-order valence-electron chi connectivity index (χ3n) is 7.13. The summed E-state index contributed by atoms with van der Waals surface area (Å²) in [4.78, 5) is 46.0. The third kappa shape index (κ3) is 7.60. The Morgan fingerprint density at radius 2 is 1.74 bits per heavy atom. The lowest BCUT2D eigenvalue weighted by molar-refractivity contribution is -0.137. The highest BCUT2D eigenvalue weighted by Crippen LogP contribution is 2.32. The van der Waals surface area contributed by atoms with Crippen molar-refractivity contribution in [1.82, 2.24) is 14.8 Å². The summed E-state index contributed by atoms with van der Waals surface area (Å²) in [5, 5.41) is 15.2. The molecule has 1 aliphatic rings. The Balaban J connectivity index is 1.55. The fraction of sp³-hybridized carbons (Fsp3) is 0.333. The van der Waals surface area contributed by atoms with Gasteiger partial charge in [0.2, 0.25) is 0 Å². The van der Waals surface area contributed by atoms with Crippen LogP contribution in [0.1, 0.15) is 40.1 Å². The number of hydrogen-bond donors (Lipinski definition) is 3. The largest absolute Gasteiger partial charge is 0.487 e. The number of carbonyl (C=O) groups excluding carboxylic acids is 3. The standard InChI is InChI=1S/C30H32F3N5O5/c1-18-15-38(19(2)17-39)28(41)24-14-23(35-27(40)20-10-12-34-13-11-20)8-9-25(24)43-26(18)16-37(3)29(42)36-22-6-4-21(5-7-22)30(31,32)33/h4-14,18-19,26,39H,15-17H2,1-3H3,(H,35,40)(H,36,42)/t18-,19-,26-/m1/s1. The Hall–Kier alpha value is -4.65. The molecule has 3 atom stereocenters. The third-order valence-corrected chi connectivity index (χ3v) is 7.13. The van der Waals surface area contributed by atoms with Gasteiger partial charge in [-0.1, -0.05) is 6.92 Å². The molecule has 2 aromatic carbocycles. The van der Waals surface area contributed by atoms with Crippen LogP contribution in [0.3, 0.4) is 0 Å². The highest BCUT2D eigenvalue weighted by molar-refractivity contribution is 6.05. The lowest BCUT2D eigenvalue weighted by atomic mass is 9.99. The molecule has 0 fully saturated rings. The number of carbonyl (C=O) groups is 3. The maximum absolute atomic E-state index is 13.6. The average Bonchev–Trinajstić information content (AvgIpc) is 2.99. The number of fused-ring (bicyclic) bond motifs is 1. The van der Waals surface area contributed by atoms with Crippen molar-refractivity contribution in [3.05, 3.63) is 83.7 Å². The molecule has 0 spiro atoms. The first-order chi connectivity index (χ1) is 20.4. The van der Waals surface area contributed by atoms with E-state index in [-0.39, 0.29) is 42.6 Å². The van der Waals surface area contributed by atoms with Crippen LogP contribution in [0.5, 0.6) is 5.75 Å². The zero-order valence-corrected chi connectivity index (χ0v) is 23.8. The maximum atomic E-state index is 13.6. The number of aromatic nitrogens is 1. The molecule has 1 aliphatic heterocycles. The number of likely N-dealkylation sites (N-methyl/N-ethyl adjacent to an activating group) is 1. The van der Waals surface area contributed by atoms with Gasteiger partial charge in [-0.2, -0.15) is 13.2 Å². The molecule has 0 saturated heterocycles. The molecular weight excluding hydrogens is 567 g/mol. The number of benzene rings is 2. The molecule has 0 saturated carbocycles. The summed E-state index contributed by atoms with van der Waals surface area (Å²) in [6.45, 7) is 3.55. The van der Waals surface area contributed by atoms with Crippen LogP contribution >= 0.6 is 0 Å². The highest BCUT2D eigenvalue weighted by atomic mass is 19.4. The van der Waals surface area contributed by atoms with Gasteiger partial charge in [-0.25, -0.2) is 4.79 Å². The molecule has 228 valence electrons. The van der Waals surface area contributed by atoms with Gasteiger partial charge in [0.25, 0.3) is 11.8 Å². The summed E-state index contributed by atoms with van der Waals surface area (Å²) in [6, 6.07) is 10.8. The number of alkyl halides is 3. The van der Waals surface area contributed by atoms with Crippen LogP contribution in [0.4, 0.5) is 29.3 Å². The number of pyridine rings is 1. The van der Waals surface area contributed by atoms with Crippen LogP contribution in [-0.2, 0) is 6.18 Å². The number of hydrogen-bond acceptors (Lipinski definition) is 6. The zero-order chi connectivity index (χ0) is 31.3. The number of rotatable bonds is 7. The van der Waals surface area contributed by atoms with E-state index >= 15 is 0 Å². The summed E-state index contributed by atoms with van der Waals surface area (Å²) in [5.74, 6) is -0.849. The predicted octanol–water partition coefficient (Wildman–Crippen LogP) is 4.74. The second kappa shape index (κ2) is 13.1. The number of urea groups is 1. The minimum absolute atomic E-state index is 0.0726. The highest BCUT2D eigenvalue weighted by Gasteiger charge is 2.34. The number of aliphatic hydroxyl groups is 1. The van der Waals surface area contributed by atoms with Crippen LogP contribution in [0, 0.1) is 5.92 Å². The smallest absolute Gasteiger partial charge is 0.416 e. The van der Waals surface area contributed by atoms with E-state index in [0.717, 1.165) is 12.1 Å².